The van der Waals surface area contributed by atoms with Crippen molar-refractivity contribution in [1.82, 2.24) is 24.8 Å². The van der Waals surface area contributed by atoms with Gasteiger partial charge in [0.2, 0.25) is 5.91 Å². The van der Waals surface area contributed by atoms with Crippen LogP contribution < -0.4 is 16.6 Å². The predicted molar refractivity (Wildman–Crippen MR) is 87.0 cm³/mol. The van der Waals surface area contributed by atoms with E-state index in [1.807, 2.05) is 0 Å². The summed E-state index contributed by atoms with van der Waals surface area (Å²) in [7, 11) is 0. The van der Waals surface area contributed by atoms with Gasteiger partial charge in [-0.25, -0.2) is 4.39 Å². The van der Waals surface area contributed by atoms with Crippen molar-refractivity contribution in [2.45, 2.75) is 6.54 Å². The van der Waals surface area contributed by atoms with Crippen LogP contribution in [0.4, 0.5) is 10.1 Å². The molecule has 132 valence electrons. The fraction of sp³-hybridized carbons (Fsp3) is 0.0667. The first-order chi connectivity index (χ1) is 12.4. The summed E-state index contributed by atoms with van der Waals surface area (Å²) in [4.78, 5) is 35.4. The molecule has 2 aromatic heterocycles. The summed E-state index contributed by atoms with van der Waals surface area (Å²) in [5, 5.41) is 12.8. The summed E-state index contributed by atoms with van der Waals surface area (Å²) in [6.07, 6.45) is 1.50. The zero-order valence-corrected chi connectivity index (χ0v) is 13.2. The van der Waals surface area contributed by atoms with Gasteiger partial charge in [0.15, 0.2) is 0 Å². The number of aromatic nitrogens is 5. The number of pyridine rings is 1. The zero-order chi connectivity index (χ0) is 18.7. The van der Waals surface area contributed by atoms with Gasteiger partial charge in [-0.3, -0.25) is 19.0 Å². The quantitative estimate of drug-likeness (QED) is 0.643. The monoisotopic (exact) mass is 357 g/mol. The highest BCUT2D eigenvalue weighted by Gasteiger charge is 2.13. The summed E-state index contributed by atoms with van der Waals surface area (Å²) in [6, 6.07) is 8.49. The second-order valence-corrected chi connectivity index (χ2v) is 5.13. The van der Waals surface area contributed by atoms with E-state index in [1.54, 1.807) is 12.1 Å². The number of hydrogen-bond donors (Lipinski definition) is 2. The minimum Gasteiger partial charge on any atom is -0.363 e. The van der Waals surface area contributed by atoms with Gasteiger partial charge in [-0.1, -0.05) is 6.07 Å². The van der Waals surface area contributed by atoms with Crippen molar-refractivity contribution in [2.24, 2.45) is 5.73 Å². The van der Waals surface area contributed by atoms with E-state index < -0.39 is 17.6 Å². The molecular formula is C15H12FN7O3. The number of hydrogen-bond acceptors (Lipinski definition) is 6. The van der Waals surface area contributed by atoms with Crippen LogP contribution in [0, 0.1) is 5.82 Å². The molecule has 2 amide bonds. The molecule has 0 aliphatic rings. The molecule has 0 saturated carbocycles. The maximum Gasteiger partial charge on any atom is 0.290 e. The number of nitrogens with zero attached hydrogens (tertiary/aromatic N) is 5. The Hall–Kier alpha value is -3.89. The van der Waals surface area contributed by atoms with Gasteiger partial charge in [-0.2, -0.15) is 4.80 Å². The summed E-state index contributed by atoms with van der Waals surface area (Å²) in [5.74, 6) is -2.57. The summed E-state index contributed by atoms with van der Waals surface area (Å²) >= 11 is 0. The molecule has 0 aliphatic heterocycles. The first-order valence-electron chi connectivity index (χ1n) is 7.29. The van der Waals surface area contributed by atoms with Gasteiger partial charge in [0.1, 0.15) is 12.4 Å². The molecule has 0 aliphatic carbocycles. The molecular weight excluding hydrogens is 345 g/mol. The van der Waals surface area contributed by atoms with E-state index in [9.17, 15) is 18.8 Å². The van der Waals surface area contributed by atoms with Crippen molar-refractivity contribution in [3.8, 4) is 5.69 Å². The third-order valence-electron chi connectivity index (χ3n) is 3.29. The smallest absolute Gasteiger partial charge is 0.290 e. The summed E-state index contributed by atoms with van der Waals surface area (Å²) in [6.45, 7) is -0.389. The van der Waals surface area contributed by atoms with E-state index in [2.05, 4.69) is 20.7 Å². The number of primary amides is 1. The van der Waals surface area contributed by atoms with Crippen molar-refractivity contribution in [3.63, 3.8) is 0 Å². The number of carbonyl (C=O) groups excluding carboxylic acids is 2. The van der Waals surface area contributed by atoms with E-state index in [-0.39, 0.29) is 23.6 Å². The van der Waals surface area contributed by atoms with Crippen LogP contribution >= 0.6 is 0 Å². The van der Waals surface area contributed by atoms with E-state index in [4.69, 9.17) is 5.73 Å². The molecule has 0 fully saturated rings. The number of amides is 2. The standard InChI is InChI=1S/C15H12FN7O3/c16-10-7-9(22-6-2-1-3-13(22)25)4-5-11(10)18-12(24)8-23-20-15(14(17)26)19-21-23/h1-7H,8H2,(H2,17,26)(H,18,24). The fourth-order valence-corrected chi connectivity index (χ4v) is 2.12. The number of tetrazole rings is 1. The molecule has 3 aromatic rings. The first kappa shape index (κ1) is 17.0. The SMILES string of the molecule is NC(=O)c1nnn(CC(=O)Nc2ccc(-n3ccccc3=O)cc2F)n1. The topological polar surface area (TPSA) is 138 Å². The number of halogens is 1. The van der Waals surface area contributed by atoms with Crippen molar-refractivity contribution >= 4 is 17.5 Å². The van der Waals surface area contributed by atoms with E-state index in [0.29, 0.717) is 5.69 Å². The second-order valence-electron chi connectivity index (χ2n) is 5.13. The molecule has 0 radical (unpaired) electrons. The van der Waals surface area contributed by atoms with Crippen LogP contribution in [0.25, 0.3) is 5.69 Å². The molecule has 3 rings (SSSR count). The average molecular weight is 357 g/mol. The Kier molecular flexibility index (Phi) is 4.51. The van der Waals surface area contributed by atoms with Gasteiger partial charge in [0, 0.05) is 18.3 Å². The molecule has 0 bridgehead atoms. The van der Waals surface area contributed by atoms with Gasteiger partial charge in [-0.15, -0.1) is 10.2 Å². The number of benzene rings is 1. The summed E-state index contributed by atoms with van der Waals surface area (Å²) < 4.78 is 15.5. The van der Waals surface area contributed by atoms with Crippen LogP contribution in [-0.4, -0.2) is 36.6 Å². The molecule has 0 unspecified atom stereocenters. The molecule has 3 N–H and O–H groups in total. The van der Waals surface area contributed by atoms with Crippen LogP contribution in [-0.2, 0) is 11.3 Å². The number of anilines is 1. The normalized spacial score (nSPS) is 10.5. The van der Waals surface area contributed by atoms with Crippen LogP contribution in [0.1, 0.15) is 10.6 Å². The maximum absolute atomic E-state index is 14.2. The molecule has 11 heteroatoms. The molecule has 0 atom stereocenters. The molecule has 1 aromatic carbocycles. The number of rotatable bonds is 5. The Labute approximate surface area is 145 Å². The molecule has 0 saturated heterocycles. The van der Waals surface area contributed by atoms with Crippen molar-refractivity contribution in [3.05, 3.63) is 64.6 Å². The number of nitrogens with one attached hydrogen (secondary N) is 1. The lowest BCUT2D eigenvalue weighted by atomic mass is 10.2. The van der Waals surface area contributed by atoms with Gasteiger partial charge in [0.05, 0.1) is 11.4 Å². The largest absolute Gasteiger partial charge is 0.363 e. The third-order valence-corrected chi connectivity index (χ3v) is 3.29. The van der Waals surface area contributed by atoms with Crippen LogP contribution in [0.3, 0.4) is 0 Å². The van der Waals surface area contributed by atoms with Crippen LogP contribution in [0.2, 0.25) is 0 Å². The van der Waals surface area contributed by atoms with Gasteiger partial charge >= 0.3 is 0 Å². The maximum atomic E-state index is 14.2. The average Bonchev–Trinajstić information content (AvgIpc) is 3.06. The Morgan fingerprint density at radius 1 is 1.23 bits per heavy atom. The highest BCUT2D eigenvalue weighted by Crippen LogP contribution is 2.17. The Morgan fingerprint density at radius 2 is 2.04 bits per heavy atom. The minimum absolute atomic E-state index is 0.0852. The van der Waals surface area contributed by atoms with Crippen LogP contribution in [0.15, 0.2) is 47.4 Å². The minimum atomic E-state index is -0.880. The molecule has 26 heavy (non-hydrogen) atoms. The predicted octanol–water partition coefficient (Wildman–Crippen LogP) is -0.299. The number of carbonyl (C=O) groups is 2. The third kappa shape index (κ3) is 3.61. The van der Waals surface area contributed by atoms with E-state index in [0.717, 1.165) is 10.9 Å². The summed E-state index contributed by atoms with van der Waals surface area (Å²) in [5.41, 5.74) is 4.90. The molecule has 10 nitrogen and oxygen atoms in total. The van der Waals surface area contributed by atoms with E-state index >= 15 is 0 Å². The molecule has 2 heterocycles. The number of nitrogens with two attached hydrogens (primary N) is 1. The zero-order valence-electron chi connectivity index (χ0n) is 13.2. The van der Waals surface area contributed by atoms with Crippen molar-refractivity contribution < 1.29 is 14.0 Å². The van der Waals surface area contributed by atoms with Gasteiger partial charge < -0.3 is 11.1 Å². The highest BCUT2D eigenvalue weighted by molar-refractivity contribution is 5.91. The Bertz CT molecular complexity index is 1040. The fourth-order valence-electron chi connectivity index (χ4n) is 2.12. The lowest BCUT2D eigenvalue weighted by Crippen LogP contribution is -2.22. The lowest BCUT2D eigenvalue weighted by molar-refractivity contribution is -0.117. The van der Waals surface area contributed by atoms with Crippen molar-refractivity contribution in [1.29, 1.82) is 0 Å². The first-order valence-corrected chi connectivity index (χ1v) is 7.29. The Balaban J connectivity index is 1.73. The second kappa shape index (κ2) is 6.93. The Morgan fingerprint density at radius 3 is 2.69 bits per heavy atom. The van der Waals surface area contributed by atoms with Crippen molar-refractivity contribution in [2.75, 3.05) is 5.32 Å². The van der Waals surface area contributed by atoms with Gasteiger partial charge in [0.25, 0.3) is 17.3 Å². The van der Waals surface area contributed by atoms with Gasteiger partial charge in [-0.05, 0) is 23.4 Å². The van der Waals surface area contributed by atoms with E-state index in [1.165, 1.54) is 29.0 Å². The van der Waals surface area contributed by atoms with Crippen LogP contribution in [0.5, 0.6) is 0 Å². The highest BCUT2D eigenvalue weighted by atomic mass is 19.1. The molecule has 0 spiro atoms. The lowest BCUT2D eigenvalue weighted by Gasteiger charge is -2.09.